The molecule has 1 atom stereocenters. The van der Waals surface area contributed by atoms with E-state index in [9.17, 15) is 4.79 Å². The van der Waals surface area contributed by atoms with Gasteiger partial charge in [-0.25, -0.2) is 4.98 Å². The predicted octanol–water partition coefficient (Wildman–Crippen LogP) is 1.76. The number of amides is 1. The van der Waals surface area contributed by atoms with E-state index in [1.54, 1.807) is 7.11 Å². The molecule has 1 amide bonds. The van der Waals surface area contributed by atoms with Crippen LogP contribution in [-0.2, 0) is 20.9 Å². The molecular weight excluding hydrogens is 302 g/mol. The van der Waals surface area contributed by atoms with Crippen LogP contribution in [0.1, 0.15) is 12.0 Å². The van der Waals surface area contributed by atoms with Gasteiger partial charge in [0.15, 0.2) is 5.13 Å². The topological polar surface area (TPSA) is 72.5 Å². The molecule has 7 heteroatoms. The lowest BCUT2D eigenvalue weighted by atomic mass is 10.2. The van der Waals surface area contributed by atoms with Crippen LogP contribution in [0.4, 0.5) is 5.13 Å². The molecule has 2 aromatic rings. The molecule has 0 saturated carbocycles. The lowest BCUT2D eigenvalue weighted by molar-refractivity contribution is -0.117. The fraction of sp³-hybridized carbons (Fsp3) is 0.467. The second kappa shape index (κ2) is 7.15. The summed E-state index contributed by atoms with van der Waals surface area (Å²) in [7, 11) is 1.66. The number of hydrogen-bond donors (Lipinski definition) is 2. The zero-order valence-corrected chi connectivity index (χ0v) is 13.2. The molecule has 0 radical (unpaired) electrons. The molecule has 22 heavy (non-hydrogen) atoms. The number of carbonyl (C=O) groups is 1. The molecule has 1 unspecified atom stereocenters. The summed E-state index contributed by atoms with van der Waals surface area (Å²) in [5, 5.41) is 6.77. The molecule has 0 spiro atoms. The van der Waals surface area contributed by atoms with E-state index in [4.69, 9.17) is 9.47 Å². The molecule has 1 saturated heterocycles. The van der Waals surface area contributed by atoms with Gasteiger partial charge in [0.25, 0.3) is 0 Å². The second-order valence-electron chi connectivity index (χ2n) is 5.19. The first-order valence-electron chi connectivity index (χ1n) is 7.24. The number of fused-ring (bicyclic) bond motifs is 1. The number of nitrogens with zero attached hydrogens (tertiary/aromatic N) is 1. The third-order valence-electron chi connectivity index (χ3n) is 3.48. The molecule has 1 aliphatic heterocycles. The highest BCUT2D eigenvalue weighted by Crippen LogP contribution is 2.28. The van der Waals surface area contributed by atoms with E-state index in [1.807, 2.05) is 18.2 Å². The number of methoxy groups -OCH3 is 1. The van der Waals surface area contributed by atoms with Crippen LogP contribution in [0.25, 0.3) is 10.2 Å². The van der Waals surface area contributed by atoms with Crippen LogP contribution < -0.4 is 10.6 Å². The number of benzene rings is 1. The molecule has 1 aromatic heterocycles. The third-order valence-corrected chi connectivity index (χ3v) is 4.42. The number of ether oxygens (including phenoxy) is 2. The average Bonchev–Trinajstić information content (AvgIpc) is 2.92. The van der Waals surface area contributed by atoms with Crippen molar-refractivity contribution in [1.82, 2.24) is 10.3 Å². The minimum atomic E-state index is -0.0460. The molecular formula is C15H19N3O3S. The largest absolute Gasteiger partial charge is 0.380 e. The summed E-state index contributed by atoms with van der Waals surface area (Å²) in [5.74, 6) is -0.0460. The van der Waals surface area contributed by atoms with Gasteiger partial charge in [-0.15, -0.1) is 0 Å². The van der Waals surface area contributed by atoms with Gasteiger partial charge in [-0.2, -0.15) is 0 Å². The van der Waals surface area contributed by atoms with Crippen molar-refractivity contribution in [2.75, 3.05) is 32.2 Å². The first-order valence-corrected chi connectivity index (χ1v) is 8.06. The third kappa shape index (κ3) is 3.61. The smallest absolute Gasteiger partial charge is 0.227 e. The lowest BCUT2D eigenvalue weighted by Gasteiger charge is -2.22. The summed E-state index contributed by atoms with van der Waals surface area (Å²) >= 11 is 1.48. The Hall–Kier alpha value is -1.54. The summed E-state index contributed by atoms with van der Waals surface area (Å²) in [5.41, 5.74) is 1.92. The van der Waals surface area contributed by atoms with Gasteiger partial charge in [0.05, 0.1) is 30.0 Å². The molecule has 1 fully saturated rings. The molecule has 0 bridgehead atoms. The van der Waals surface area contributed by atoms with E-state index >= 15 is 0 Å². The van der Waals surface area contributed by atoms with Crippen molar-refractivity contribution in [3.63, 3.8) is 0 Å². The maximum Gasteiger partial charge on any atom is 0.227 e. The molecule has 0 aliphatic carbocycles. The highest BCUT2D eigenvalue weighted by molar-refractivity contribution is 7.22. The van der Waals surface area contributed by atoms with Crippen molar-refractivity contribution in [2.24, 2.45) is 0 Å². The van der Waals surface area contributed by atoms with Crippen LogP contribution in [-0.4, -0.2) is 43.8 Å². The Balaban J connectivity index is 1.68. The van der Waals surface area contributed by atoms with Crippen LogP contribution in [0.5, 0.6) is 0 Å². The van der Waals surface area contributed by atoms with E-state index in [2.05, 4.69) is 15.6 Å². The molecule has 2 N–H and O–H groups in total. The van der Waals surface area contributed by atoms with E-state index in [1.165, 1.54) is 11.3 Å². The van der Waals surface area contributed by atoms with Gasteiger partial charge in [0.2, 0.25) is 5.91 Å². The van der Waals surface area contributed by atoms with Crippen molar-refractivity contribution in [1.29, 1.82) is 0 Å². The van der Waals surface area contributed by atoms with Crippen molar-refractivity contribution < 1.29 is 14.3 Å². The van der Waals surface area contributed by atoms with E-state index in [0.717, 1.165) is 22.3 Å². The Morgan fingerprint density at radius 2 is 2.50 bits per heavy atom. The highest BCUT2D eigenvalue weighted by Gasteiger charge is 2.18. The first-order chi connectivity index (χ1) is 10.8. The maximum absolute atomic E-state index is 12.1. The number of thiazole rings is 1. The van der Waals surface area contributed by atoms with Crippen LogP contribution in [0, 0.1) is 0 Å². The van der Waals surface area contributed by atoms with Crippen LogP contribution in [0.2, 0.25) is 0 Å². The number of hydrogen-bond acceptors (Lipinski definition) is 6. The minimum Gasteiger partial charge on any atom is -0.380 e. The van der Waals surface area contributed by atoms with E-state index in [-0.39, 0.29) is 11.9 Å². The molecule has 1 aromatic carbocycles. The fourth-order valence-corrected chi connectivity index (χ4v) is 3.41. The Bertz CT molecular complexity index is 653. The monoisotopic (exact) mass is 321 g/mol. The number of anilines is 1. The summed E-state index contributed by atoms with van der Waals surface area (Å²) < 4.78 is 11.6. The highest BCUT2D eigenvalue weighted by atomic mass is 32.1. The van der Waals surface area contributed by atoms with Gasteiger partial charge in [0.1, 0.15) is 0 Å². The van der Waals surface area contributed by atoms with Crippen molar-refractivity contribution in [2.45, 2.75) is 19.1 Å². The van der Waals surface area contributed by atoms with Gasteiger partial charge in [-0.05, 0) is 6.07 Å². The van der Waals surface area contributed by atoms with Crippen molar-refractivity contribution in [3.05, 3.63) is 23.8 Å². The maximum atomic E-state index is 12.1. The summed E-state index contributed by atoms with van der Waals surface area (Å²) in [6.07, 6.45) is 0.390. The number of nitrogens with one attached hydrogen (secondary N) is 2. The van der Waals surface area contributed by atoms with Gasteiger partial charge in [-0.1, -0.05) is 23.5 Å². The standard InChI is InChI=1S/C15H19N3O3S/c1-20-8-10-3-2-4-12-14(10)18-15(22-12)17-13(19)7-11-9-21-6-5-16-11/h2-4,11,16H,5-9H2,1H3,(H,17,18,19). The predicted molar refractivity (Wildman–Crippen MR) is 86.2 cm³/mol. The number of para-hydroxylation sites is 1. The summed E-state index contributed by atoms with van der Waals surface area (Å²) in [6.45, 7) is 2.58. The van der Waals surface area contributed by atoms with Crippen LogP contribution >= 0.6 is 11.3 Å². The SMILES string of the molecule is COCc1cccc2sc(NC(=O)CC3COCCN3)nc12. The van der Waals surface area contributed by atoms with Gasteiger partial charge in [-0.3, -0.25) is 4.79 Å². The van der Waals surface area contributed by atoms with Crippen molar-refractivity contribution >= 4 is 32.6 Å². The molecule has 118 valence electrons. The number of rotatable bonds is 5. The van der Waals surface area contributed by atoms with Crippen LogP contribution in [0.3, 0.4) is 0 Å². The zero-order valence-electron chi connectivity index (χ0n) is 12.4. The molecule has 2 heterocycles. The van der Waals surface area contributed by atoms with E-state index < -0.39 is 0 Å². The minimum absolute atomic E-state index is 0.0460. The number of morpholine rings is 1. The van der Waals surface area contributed by atoms with Crippen LogP contribution in [0.15, 0.2) is 18.2 Å². The number of carbonyl (C=O) groups excluding carboxylic acids is 1. The van der Waals surface area contributed by atoms with Gasteiger partial charge in [0, 0.05) is 31.7 Å². The average molecular weight is 321 g/mol. The van der Waals surface area contributed by atoms with Gasteiger partial charge >= 0.3 is 0 Å². The Morgan fingerprint density at radius 3 is 3.27 bits per heavy atom. The zero-order chi connectivity index (χ0) is 15.4. The Kier molecular flexibility index (Phi) is 4.99. The second-order valence-corrected chi connectivity index (χ2v) is 6.22. The normalized spacial score (nSPS) is 18.5. The summed E-state index contributed by atoms with van der Waals surface area (Å²) in [6, 6.07) is 6.04. The first kappa shape index (κ1) is 15.4. The van der Waals surface area contributed by atoms with Gasteiger partial charge < -0.3 is 20.1 Å². The Morgan fingerprint density at radius 1 is 1.59 bits per heavy atom. The lowest BCUT2D eigenvalue weighted by Crippen LogP contribution is -2.43. The molecule has 1 aliphatic rings. The van der Waals surface area contributed by atoms with Crippen molar-refractivity contribution in [3.8, 4) is 0 Å². The Labute approximate surface area is 132 Å². The quantitative estimate of drug-likeness (QED) is 0.878. The summed E-state index contributed by atoms with van der Waals surface area (Å²) in [4.78, 5) is 16.6. The molecule has 6 nitrogen and oxygen atoms in total. The number of aromatic nitrogens is 1. The molecule has 3 rings (SSSR count). The fourth-order valence-electron chi connectivity index (χ4n) is 2.48. The van der Waals surface area contributed by atoms with E-state index in [0.29, 0.717) is 31.4 Å².